The van der Waals surface area contributed by atoms with Gasteiger partial charge in [-0.15, -0.1) is 0 Å². The summed E-state index contributed by atoms with van der Waals surface area (Å²) in [6.07, 6.45) is 3.46. The van der Waals surface area contributed by atoms with E-state index in [0.29, 0.717) is 23.4 Å². The van der Waals surface area contributed by atoms with Crippen LogP contribution in [-0.2, 0) is 4.79 Å². The van der Waals surface area contributed by atoms with Gasteiger partial charge in [-0.2, -0.15) is 0 Å². The van der Waals surface area contributed by atoms with E-state index in [4.69, 9.17) is 17.3 Å². The zero-order chi connectivity index (χ0) is 13.8. The summed E-state index contributed by atoms with van der Waals surface area (Å²) in [5.74, 6) is -0.0720. The third kappa shape index (κ3) is 3.89. The highest BCUT2D eigenvalue weighted by Gasteiger charge is 2.24. The molecule has 1 aromatic rings. The van der Waals surface area contributed by atoms with E-state index in [-0.39, 0.29) is 11.9 Å². The second-order valence-corrected chi connectivity index (χ2v) is 5.35. The van der Waals surface area contributed by atoms with E-state index in [0.717, 1.165) is 19.4 Å². The summed E-state index contributed by atoms with van der Waals surface area (Å²) in [6.45, 7) is 3.32. The molecule has 1 aliphatic rings. The summed E-state index contributed by atoms with van der Waals surface area (Å²) < 4.78 is 0. The summed E-state index contributed by atoms with van der Waals surface area (Å²) in [7, 11) is 0. The number of hydrogen-bond acceptors (Lipinski definition) is 4. The molecule has 19 heavy (non-hydrogen) atoms. The van der Waals surface area contributed by atoms with Crippen molar-refractivity contribution in [3.63, 3.8) is 0 Å². The Labute approximate surface area is 118 Å². The van der Waals surface area contributed by atoms with Crippen molar-refractivity contribution >= 4 is 23.2 Å². The molecule has 5 nitrogen and oxygen atoms in total. The van der Waals surface area contributed by atoms with Crippen LogP contribution in [0.4, 0.5) is 5.69 Å². The molecule has 1 fully saturated rings. The number of amides is 1. The van der Waals surface area contributed by atoms with E-state index in [9.17, 15) is 4.79 Å². The van der Waals surface area contributed by atoms with E-state index in [1.54, 1.807) is 18.3 Å². The van der Waals surface area contributed by atoms with Gasteiger partial charge in [0.1, 0.15) is 0 Å². The van der Waals surface area contributed by atoms with Crippen molar-refractivity contribution in [2.24, 2.45) is 5.73 Å². The number of carbonyl (C=O) groups excluding carboxylic acids is 1. The number of rotatable bonds is 3. The summed E-state index contributed by atoms with van der Waals surface area (Å²) in [6, 6.07) is 4.06. The predicted molar refractivity (Wildman–Crippen MR) is 76.1 cm³/mol. The largest absolute Gasteiger partial charge is 0.328 e. The van der Waals surface area contributed by atoms with Crippen LogP contribution in [0.2, 0.25) is 5.15 Å². The molecular formula is C13H19ClN4O. The number of nitrogens with two attached hydrogens (primary N) is 1. The Bertz CT molecular complexity index is 454. The number of carbonyl (C=O) groups is 1. The number of aromatic nitrogens is 1. The van der Waals surface area contributed by atoms with Crippen molar-refractivity contribution in [1.29, 1.82) is 0 Å². The summed E-state index contributed by atoms with van der Waals surface area (Å²) in [5.41, 5.74) is 6.46. The van der Waals surface area contributed by atoms with Gasteiger partial charge in [-0.05, 0) is 31.9 Å². The van der Waals surface area contributed by atoms with Crippen molar-refractivity contribution in [2.45, 2.75) is 31.8 Å². The Balaban J connectivity index is 1.90. The number of likely N-dealkylation sites (tertiary alicyclic amines) is 1. The van der Waals surface area contributed by atoms with Crippen LogP contribution in [0.3, 0.4) is 0 Å². The predicted octanol–water partition coefficient (Wildman–Crippen LogP) is 1.49. The van der Waals surface area contributed by atoms with E-state index in [1.807, 2.05) is 0 Å². The monoisotopic (exact) mass is 282 g/mol. The highest BCUT2D eigenvalue weighted by atomic mass is 35.5. The van der Waals surface area contributed by atoms with E-state index in [1.165, 1.54) is 0 Å². The Morgan fingerprint density at radius 3 is 3.16 bits per heavy atom. The van der Waals surface area contributed by atoms with Crippen LogP contribution in [0.5, 0.6) is 0 Å². The van der Waals surface area contributed by atoms with Gasteiger partial charge in [0, 0.05) is 24.8 Å². The molecule has 0 radical (unpaired) electrons. The van der Waals surface area contributed by atoms with Crippen molar-refractivity contribution in [3.05, 3.63) is 23.5 Å². The molecule has 0 aliphatic carbocycles. The first kappa shape index (κ1) is 14.2. The molecule has 0 saturated carbocycles. The minimum absolute atomic E-state index is 0.0720. The fraction of sp³-hybridized carbons (Fsp3) is 0.538. The van der Waals surface area contributed by atoms with Gasteiger partial charge in [-0.3, -0.25) is 9.69 Å². The van der Waals surface area contributed by atoms with Crippen molar-refractivity contribution in [3.8, 4) is 0 Å². The lowest BCUT2D eigenvalue weighted by Gasteiger charge is -2.35. The molecule has 1 saturated heterocycles. The molecule has 2 heterocycles. The number of hydrogen-bond donors (Lipinski definition) is 2. The molecule has 1 aliphatic heterocycles. The summed E-state index contributed by atoms with van der Waals surface area (Å²) >= 11 is 5.90. The van der Waals surface area contributed by atoms with Crippen LogP contribution in [0.25, 0.3) is 0 Å². The lowest BCUT2D eigenvalue weighted by molar-refractivity contribution is -0.118. The Hall–Kier alpha value is -1.17. The molecule has 1 amide bonds. The molecule has 0 aromatic carbocycles. The minimum atomic E-state index is -0.0720. The Morgan fingerprint density at radius 1 is 1.68 bits per heavy atom. The third-order valence-electron chi connectivity index (χ3n) is 3.43. The smallest absolute Gasteiger partial charge is 0.238 e. The standard InChI is InChI=1S/C13H19ClN4O/c1-9-7-10(15)4-6-18(9)8-12(19)17-11-3-2-5-16-13(11)14/h2-3,5,9-10H,4,6-8,15H2,1H3,(H,17,19). The number of pyridine rings is 1. The average molecular weight is 283 g/mol. The van der Waals surface area contributed by atoms with E-state index >= 15 is 0 Å². The number of nitrogens with zero attached hydrogens (tertiary/aromatic N) is 2. The normalized spacial score (nSPS) is 24.2. The van der Waals surface area contributed by atoms with E-state index < -0.39 is 0 Å². The molecule has 2 rings (SSSR count). The van der Waals surface area contributed by atoms with Gasteiger partial charge in [0.2, 0.25) is 5.91 Å². The fourth-order valence-corrected chi connectivity index (χ4v) is 2.51. The van der Waals surface area contributed by atoms with Gasteiger partial charge < -0.3 is 11.1 Å². The maximum atomic E-state index is 12.0. The SMILES string of the molecule is CC1CC(N)CCN1CC(=O)Nc1cccnc1Cl. The van der Waals surface area contributed by atoms with Gasteiger partial charge in [0.05, 0.1) is 12.2 Å². The maximum absolute atomic E-state index is 12.0. The third-order valence-corrected chi connectivity index (χ3v) is 3.74. The molecule has 6 heteroatoms. The fourth-order valence-electron chi connectivity index (χ4n) is 2.35. The number of piperidine rings is 1. The highest BCUT2D eigenvalue weighted by Crippen LogP contribution is 2.18. The van der Waals surface area contributed by atoms with Gasteiger partial charge in [-0.25, -0.2) is 4.98 Å². The van der Waals surface area contributed by atoms with Crippen molar-refractivity contribution in [2.75, 3.05) is 18.4 Å². The second kappa shape index (κ2) is 6.32. The summed E-state index contributed by atoms with van der Waals surface area (Å²) in [4.78, 5) is 18.1. The van der Waals surface area contributed by atoms with Gasteiger partial charge >= 0.3 is 0 Å². The van der Waals surface area contributed by atoms with Gasteiger partial charge in [0.25, 0.3) is 0 Å². The zero-order valence-electron chi connectivity index (χ0n) is 11.0. The molecule has 104 valence electrons. The molecule has 3 N–H and O–H groups in total. The number of anilines is 1. The molecule has 0 spiro atoms. The van der Waals surface area contributed by atoms with Crippen LogP contribution in [0.15, 0.2) is 18.3 Å². The van der Waals surface area contributed by atoms with Crippen molar-refractivity contribution < 1.29 is 4.79 Å². The average Bonchev–Trinajstić information content (AvgIpc) is 2.36. The van der Waals surface area contributed by atoms with Gasteiger partial charge in [0.15, 0.2) is 5.15 Å². The molecule has 2 unspecified atom stereocenters. The van der Waals surface area contributed by atoms with Crippen LogP contribution >= 0.6 is 11.6 Å². The maximum Gasteiger partial charge on any atom is 0.238 e. The molecule has 1 aromatic heterocycles. The van der Waals surface area contributed by atoms with Crippen LogP contribution in [-0.4, -0.2) is 41.0 Å². The first-order chi connectivity index (χ1) is 9.06. The topological polar surface area (TPSA) is 71.2 Å². The zero-order valence-corrected chi connectivity index (χ0v) is 11.7. The highest BCUT2D eigenvalue weighted by molar-refractivity contribution is 6.32. The molecular weight excluding hydrogens is 264 g/mol. The minimum Gasteiger partial charge on any atom is -0.328 e. The second-order valence-electron chi connectivity index (χ2n) is 4.99. The Kier molecular flexibility index (Phi) is 4.74. The van der Waals surface area contributed by atoms with E-state index in [2.05, 4.69) is 22.1 Å². The quantitative estimate of drug-likeness (QED) is 0.824. The van der Waals surface area contributed by atoms with Crippen LogP contribution < -0.4 is 11.1 Å². The van der Waals surface area contributed by atoms with Crippen LogP contribution in [0, 0.1) is 0 Å². The molecule has 0 bridgehead atoms. The van der Waals surface area contributed by atoms with Crippen LogP contribution in [0.1, 0.15) is 19.8 Å². The number of nitrogens with one attached hydrogen (secondary N) is 1. The summed E-state index contributed by atoms with van der Waals surface area (Å²) in [5, 5.41) is 3.09. The van der Waals surface area contributed by atoms with Gasteiger partial charge in [-0.1, -0.05) is 11.6 Å². The first-order valence-electron chi connectivity index (χ1n) is 6.46. The first-order valence-corrected chi connectivity index (χ1v) is 6.84. The lowest BCUT2D eigenvalue weighted by atomic mass is 9.99. The lowest BCUT2D eigenvalue weighted by Crippen LogP contribution is -2.48. The Morgan fingerprint density at radius 2 is 2.47 bits per heavy atom. The number of halogens is 1. The van der Waals surface area contributed by atoms with Crippen molar-refractivity contribution in [1.82, 2.24) is 9.88 Å². The molecule has 2 atom stereocenters.